The number of nitrogens with one attached hydrogen (secondary N) is 2. The normalized spacial score (nSPS) is 10.4. The summed E-state index contributed by atoms with van der Waals surface area (Å²) in [4.78, 5) is 19.2. The maximum atomic E-state index is 11.5. The Hall–Kier alpha value is -2.45. The highest BCUT2D eigenvalue weighted by molar-refractivity contribution is 5.90. The van der Waals surface area contributed by atoms with Gasteiger partial charge in [0.15, 0.2) is 5.82 Å². The largest absolute Gasteiger partial charge is 0.366 e. The number of rotatable bonds is 4. The molecule has 9 nitrogen and oxygen atoms in total. The number of carbonyl (C=O) groups is 1. The van der Waals surface area contributed by atoms with E-state index in [1.165, 1.54) is 0 Å². The first-order valence-corrected chi connectivity index (χ1v) is 4.96. The van der Waals surface area contributed by atoms with Gasteiger partial charge >= 0.3 is 0 Å². The lowest BCUT2D eigenvalue weighted by molar-refractivity contribution is 0.0944. The van der Waals surface area contributed by atoms with E-state index >= 15 is 0 Å². The number of carbonyl (C=O) groups excluding carboxylic acids is 1. The Bertz CT molecular complexity index is 515. The summed E-state index contributed by atoms with van der Waals surface area (Å²) in [5, 5.41) is 12.7. The molecule has 1 amide bonds. The lowest BCUT2D eigenvalue weighted by Crippen LogP contribution is -2.27. The summed E-state index contributed by atoms with van der Waals surface area (Å²) in [6.45, 7) is 0.420. The number of aromatic amines is 1. The summed E-state index contributed by atoms with van der Waals surface area (Å²) in [5.41, 5.74) is 5.28. The number of hydrogen-bond acceptors (Lipinski definition) is 6. The second kappa shape index (κ2) is 4.60. The topological polar surface area (TPSA) is 127 Å². The number of anilines is 1. The van der Waals surface area contributed by atoms with Crippen LogP contribution in [0.1, 0.15) is 16.4 Å². The molecule has 0 atom stereocenters. The van der Waals surface area contributed by atoms with Gasteiger partial charge in [0, 0.05) is 20.0 Å². The zero-order valence-corrected chi connectivity index (χ0v) is 9.21. The molecule has 0 aromatic carbocycles. The first kappa shape index (κ1) is 11.0. The SMILES string of the molecule is Cn1cnc(CCNC(=O)c2nc(N)n[nH]2)n1. The zero-order valence-electron chi connectivity index (χ0n) is 9.21. The molecule has 2 aromatic rings. The first-order chi connectivity index (χ1) is 8.15. The molecule has 0 radical (unpaired) electrons. The molecular formula is C8H12N8O. The van der Waals surface area contributed by atoms with Crippen molar-refractivity contribution >= 4 is 11.9 Å². The highest BCUT2D eigenvalue weighted by Crippen LogP contribution is 1.93. The van der Waals surface area contributed by atoms with Crippen LogP contribution >= 0.6 is 0 Å². The maximum absolute atomic E-state index is 11.5. The number of nitrogen functional groups attached to an aromatic ring is 1. The van der Waals surface area contributed by atoms with E-state index in [9.17, 15) is 4.79 Å². The summed E-state index contributed by atoms with van der Waals surface area (Å²) in [6.07, 6.45) is 2.16. The maximum Gasteiger partial charge on any atom is 0.288 e. The molecule has 2 heterocycles. The van der Waals surface area contributed by atoms with Crippen LogP contribution in [0.5, 0.6) is 0 Å². The summed E-state index contributed by atoms with van der Waals surface area (Å²) >= 11 is 0. The Balaban J connectivity index is 1.81. The molecule has 2 aromatic heterocycles. The van der Waals surface area contributed by atoms with Gasteiger partial charge in [0.05, 0.1) is 0 Å². The number of amides is 1. The average Bonchev–Trinajstić information content (AvgIpc) is 2.88. The fourth-order valence-corrected chi connectivity index (χ4v) is 1.25. The van der Waals surface area contributed by atoms with Gasteiger partial charge in [-0.25, -0.2) is 4.98 Å². The zero-order chi connectivity index (χ0) is 12.3. The van der Waals surface area contributed by atoms with Crippen LogP contribution in [0.2, 0.25) is 0 Å². The lowest BCUT2D eigenvalue weighted by Gasteiger charge is -1.99. The van der Waals surface area contributed by atoms with Gasteiger partial charge in [-0.05, 0) is 0 Å². The first-order valence-electron chi connectivity index (χ1n) is 4.96. The van der Waals surface area contributed by atoms with Crippen molar-refractivity contribution in [2.24, 2.45) is 7.05 Å². The Labute approximate surface area is 96.4 Å². The van der Waals surface area contributed by atoms with E-state index in [4.69, 9.17) is 5.73 Å². The molecule has 0 aliphatic carbocycles. The molecule has 0 saturated heterocycles. The molecule has 90 valence electrons. The van der Waals surface area contributed by atoms with Crippen molar-refractivity contribution in [3.63, 3.8) is 0 Å². The fourth-order valence-electron chi connectivity index (χ4n) is 1.25. The molecule has 0 spiro atoms. The van der Waals surface area contributed by atoms with Gasteiger partial charge in [0.25, 0.3) is 5.91 Å². The van der Waals surface area contributed by atoms with Crippen molar-refractivity contribution < 1.29 is 4.79 Å². The smallest absolute Gasteiger partial charge is 0.288 e. The third-order valence-electron chi connectivity index (χ3n) is 2.00. The van der Waals surface area contributed by atoms with Crippen LogP contribution in [-0.2, 0) is 13.5 Å². The molecule has 0 aliphatic rings. The minimum Gasteiger partial charge on any atom is -0.366 e. The number of aromatic nitrogens is 6. The summed E-state index contributed by atoms with van der Waals surface area (Å²) < 4.78 is 1.61. The van der Waals surface area contributed by atoms with Crippen LogP contribution in [0.15, 0.2) is 6.33 Å². The second-order valence-electron chi connectivity index (χ2n) is 3.38. The van der Waals surface area contributed by atoms with Crippen molar-refractivity contribution in [3.05, 3.63) is 18.0 Å². The Kier molecular flexibility index (Phi) is 2.99. The molecule has 0 unspecified atom stereocenters. The van der Waals surface area contributed by atoms with Gasteiger partial charge in [-0.1, -0.05) is 0 Å². The van der Waals surface area contributed by atoms with Gasteiger partial charge in [-0.3, -0.25) is 14.6 Å². The molecule has 0 bridgehead atoms. The van der Waals surface area contributed by atoms with Gasteiger partial charge < -0.3 is 11.1 Å². The van der Waals surface area contributed by atoms with E-state index in [-0.39, 0.29) is 17.7 Å². The van der Waals surface area contributed by atoms with E-state index in [1.54, 1.807) is 18.1 Å². The molecule has 9 heteroatoms. The monoisotopic (exact) mass is 236 g/mol. The second-order valence-corrected chi connectivity index (χ2v) is 3.38. The third-order valence-corrected chi connectivity index (χ3v) is 2.00. The third kappa shape index (κ3) is 2.77. The van der Waals surface area contributed by atoms with E-state index in [2.05, 4.69) is 30.6 Å². The average molecular weight is 236 g/mol. The number of nitrogens with two attached hydrogens (primary N) is 1. The van der Waals surface area contributed by atoms with E-state index < -0.39 is 0 Å². The van der Waals surface area contributed by atoms with E-state index in [0.29, 0.717) is 18.8 Å². The number of aryl methyl sites for hydroxylation is 1. The lowest BCUT2D eigenvalue weighted by atomic mass is 10.4. The Morgan fingerprint density at radius 1 is 1.65 bits per heavy atom. The van der Waals surface area contributed by atoms with Crippen LogP contribution < -0.4 is 11.1 Å². The number of H-pyrrole nitrogens is 1. The van der Waals surface area contributed by atoms with Crippen LogP contribution in [0.3, 0.4) is 0 Å². The van der Waals surface area contributed by atoms with Crippen LogP contribution in [0, 0.1) is 0 Å². The Morgan fingerprint density at radius 2 is 2.47 bits per heavy atom. The van der Waals surface area contributed by atoms with Crippen molar-refractivity contribution in [1.29, 1.82) is 0 Å². The predicted octanol–water partition coefficient (Wildman–Crippen LogP) is -1.51. The highest BCUT2D eigenvalue weighted by atomic mass is 16.2. The van der Waals surface area contributed by atoms with Crippen molar-refractivity contribution in [2.45, 2.75) is 6.42 Å². The van der Waals surface area contributed by atoms with Gasteiger partial charge in [-0.15, -0.1) is 5.10 Å². The molecule has 17 heavy (non-hydrogen) atoms. The molecule has 0 aliphatic heterocycles. The van der Waals surface area contributed by atoms with Crippen LogP contribution in [0.4, 0.5) is 5.95 Å². The minimum absolute atomic E-state index is 0.0431. The summed E-state index contributed by atoms with van der Waals surface area (Å²) in [5.74, 6) is 0.452. The summed E-state index contributed by atoms with van der Waals surface area (Å²) in [7, 11) is 1.78. The fraction of sp³-hybridized carbons (Fsp3) is 0.375. The Morgan fingerprint density at radius 3 is 3.06 bits per heavy atom. The quantitative estimate of drug-likeness (QED) is 0.592. The highest BCUT2D eigenvalue weighted by Gasteiger charge is 2.10. The number of hydrogen-bond donors (Lipinski definition) is 3. The molecule has 2 rings (SSSR count). The predicted molar refractivity (Wildman–Crippen MR) is 57.8 cm³/mol. The summed E-state index contributed by atoms with van der Waals surface area (Å²) in [6, 6.07) is 0. The minimum atomic E-state index is -0.356. The molecule has 4 N–H and O–H groups in total. The van der Waals surface area contributed by atoms with Gasteiger partial charge in [0.1, 0.15) is 6.33 Å². The standard InChI is InChI=1S/C8H12N8O/c1-16-4-11-5(15-16)2-3-10-7(17)6-12-8(9)14-13-6/h4H,2-3H2,1H3,(H,10,17)(H3,9,12,13,14). The van der Waals surface area contributed by atoms with Gasteiger partial charge in [0.2, 0.25) is 11.8 Å². The van der Waals surface area contributed by atoms with Crippen molar-refractivity contribution in [2.75, 3.05) is 12.3 Å². The molecule has 0 fully saturated rings. The van der Waals surface area contributed by atoms with Crippen LogP contribution in [0.25, 0.3) is 0 Å². The van der Waals surface area contributed by atoms with Crippen molar-refractivity contribution in [3.8, 4) is 0 Å². The van der Waals surface area contributed by atoms with Gasteiger partial charge in [-0.2, -0.15) is 10.1 Å². The van der Waals surface area contributed by atoms with Crippen LogP contribution in [-0.4, -0.2) is 42.4 Å². The molecular weight excluding hydrogens is 224 g/mol. The molecule has 0 saturated carbocycles. The van der Waals surface area contributed by atoms with E-state index in [0.717, 1.165) is 0 Å². The van der Waals surface area contributed by atoms with E-state index in [1.807, 2.05) is 0 Å². The van der Waals surface area contributed by atoms with Crippen molar-refractivity contribution in [1.82, 2.24) is 35.3 Å². The number of nitrogens with zero attached hydrogens (tertiary/aromatic N) is 5.